The van der Waals surface area contributed by atoms with E-state index < -0.39 is 0 Å². The molecule has 0 radical (unpaired) electrons. The monoisotopic (exact) mass is 448 g/mol. The van der Waals surface area contributed by atoms with Crippen molar-refractivity contribution in [3.8, 4) is 11.5 Å². The van der Waals surface area contributed by atoms with E-state index in [0.717, 1.165) is 12.0 Å². The number of benzene rings is 2. The highest BCUT2D eigenvalue weighted by Crippen LogP contribution is 2.37. The van der Waals surface area contributed by atoms with Gasteiger partial charge in [0.1, 0.15) is 12.4 Å². The molecule has 1 aliphatic carbocycles. The Kier molecular flexibility index (Phi) is 6.52. The second-order valence-electron chi connectivity index (χ2n) is 7.36. The smallest absolute Gasteiger partial charge is 0.208 e. The number of rotatable bonds is 6. The minimum atomic E-state index is -0.237. The van der Waals surface area contributed by atoms with Gasteiger partial charge in [-0.1, -0.05) is 41.4 Å². The molecular weight excluding hydrogens is 427 g/mol. The van der Waals surface area contributed by atoms with Crippen molar-refractivity contribution in [1.29, 1.82) is 0 Å². The number of allylic oxidation sites excluding steroid dienone is 1. The molecule has 0 amide bonds. The lowest BCUT2D eigenvalue weighted by Gasteiger charge is -2.37. The number of methoxy groups -OCH3 is 1. The summed E-state index contributed by atoms with van der Waals surface area (Å²) in [6, 6.07) is 12.6. The molecular formula is C23H22Cl2O5. The van der Waals surface area contributed by atoms with Crippen LogP contribution in [-0.4, -0.2) is 25.1 Å². The van der Waals surface area contributed by atoms with E-state index in [1.54, 1.807) is 31.4 Å². The minimum absolute atomic E-state index is 0.00381. The number of carbonyl (C=O) groups excluding carboxylic acids is 1. The van der Waals surface area contributed by atoms with Crippen molar-refractivity contribution < 1.29 is 23.7 Å². The summed E-state index contributed by atoms with van der Waals surface area (Å²) in [5.74, 6) is 0.966. The Balaban J connectivity index is 1.37. The van der Waals surface area contributed by atoms with Gasteiger partial charge in [-0.2, -0.15) is 0 Å². The van der Waals surface area contributed by atoms with E-state index in [-0.39, 0.29) is 29.7 Å². The van der Waals surface area contributed by atoms with Crippen molar-refractivity contribution in [2.24, 2.45) is 5.92 Å². The molecule has 2 aromatic carbocycles. The van der Waals surface area contributed by atoms with Crippen molar-refractivity contribution in [3.05, 3.63) is 70.1 Å². The molecule has 1 heterocycles. The number of halogens is 2. The molecule has 1 aliphatic heterocycles. The lowest BCUT2D eigenvalue weighted by atomic mass is 9.80. The van der Waals surface area contributed by atoms with E-state index in [0.29, 0.717) is 41.0 Å². The molecule has 5 nitrogen and oxygen atoms in total. The lowest BCUT2D eigenvalue weighted by Crippen LogP contribution is -2.42. The van der Waals surface area contributed by atoms with Crippen molar-refractivity contribution >= 4 is 29.0 Å². The van der Waals surface area contributed by atoms with Crippen molar-refractivity contribution in [1.82, 2.24) is 0 Å². The van der Waals surface area contributed by atoms with Crippen LogP contribution in [0.2, 0.25) is 10.0 Å². The third kappa shape index (κ3) is 4.59. The number of Topliss-reactive ketones (excluding diaryl/α,β-unsaturated/α-hetero) is 1. The van der Waals surface area contributed by atoms with Gasteiger partial charge in [-0.3, -0.25) is 4.79 Å². The number of para-hydroxylation sites is 2. The van der Waals surface area contributed by atoms with Crippen molar-refractivity contribution in [2.75, 3.05) is 7.11 Å². The number of ketones is 1. The molecule has 4 rings (SSSR count). The van der Waals surface area contributed by atoms with Gasteiger partial charge in [-0.15, -0.1) is 0 Å². The third-order valence-electron chi connectivity index (χ3n) is 5.45. The highest BCUT2D eigenvalue weighted by atomic mass is 35.5. The Morgan fingerprint density at radius 2 is 1.90 bits per heavy atom. The third-order valence-corrected chi connectivity index (χ3v) is 6.04. The number of hydrogen-bond donors (Lipinski definition) is 0. The summed E-state index contributed by atoms with van der Waals surface area (Å²) in [4.78, 5) is 12.9. The zero-order valence-electron chi connectivity index (χ0n) is 16.5. The Bertz CT molecular complexity index is 958. The molecule has 3 unspecified atom stereocenters. The van der Waals surface area contributed by atoms with Gasteiger partial charge in [0.25, 0.3) is 0 Å². The first kappa shape index (κ1) is 21.0. The molecule has 0 N–H and O–H groups in total. The van der Waals surface area contributed by atoms with Crippen LogP contribution in [0.4, 0.5) is 0 Å². The predicted molar refractivity (Wildman–Crippen MR) is 114 cm³/mol. The zero-order valence-corrected chi connectivity index (χ0v) is 18.0. The van der Waals surface area contributed by atoms with Gasteiger partial charge in [0.2, 0.25) is 11.5 Å². The van der Waals surface area contributed by atoms with E-state index in [9.17, 15) is 4.79 Å². The van der Waals surface area contributed by atoms with E-state index in [1.165, 1.54) is 6.26 Å². The highest BCUT2D eigenvalue weighted by Gasteiger charge is 2.41. The summed E-state index contributed by atoms with van der Waals surface area (Å²) < 4.78 is 23.0. The summed E-state index contributed by atoms with van der Waals surface area (Å²) in [6.07, 6.45) is 3.27. The summed E-state index contributed by atoms with van der Waals surface area (Å²) in [6.45, 7) is 0.393. The summed E-state index contributed by atoms with van der Waals surface area (Å²) in [5.41, 5.74) is 0.885. The van der Waals surface area contributed by atoms with E-state index in [4.69, 9.17) is 42.1 Å². The number of ether oxygens (including phenoxy) is 4. The van der Waals surface area contributed by atoms with Gasteiger partial charge in [-0.05, 0) is 42.7 Å². The molecule has 1 fully saturated rings. The van der Waals surface area contributed by atoms with Gasteiger partial charge < -0.3 is 18.9 Å². The first-order chi connectivity index (χ1) is 14.5. The molecule has 3 atom stereocenters. The molecule has 30 heavy (non-hydrogen) atoms. The average molecular weight is 449 g/mol. The Labute approximate surface area is 185 Å². The van der Waals surface area contributed by atoms with Gasteiger partial charge in [0, 0.05) is 16.5 Å². The van der Waals surface area contributed by atoms with Crippen LogP contribution in [0.25, 0.3) is 0 Å². The second kappa shape index (κ2) is 9.29. The van der Waals surface area contributed by atoms with Crippen LogP contribution in [0.3, 0.4) is 0 Å². The fourth-order valence-corrected chi connectivity index (χ4v) is 4.29. The van der Waals surface area contributed by atoms with Crippen molar-refractivity contribution in [2.45, 2.75) is 38.1 Å². The first-order valence-electron chi connectivity index (χ1n) is 9.81. The van der Waals surface area contributed by atoms with Gasteiger partial charge in [0.05, 0.1) is 25.7 Å². The summed E-state index contributed by atoms with van der Waals surface area (Å²) in [5, 5.41) is 1.18. The maximum Gasteiger partial charge on any atom is 0.208 e. The Morgan fingerprint density at radius 1 is 1.10 bits per heavy atom. The molecule has 2 aliphatic rings. The summed E-state index contributed by atoms with van der Waals surface area (Å²) >= 11 is 12.2. The predicted octanol–water partition coefficient (Wildman–Crippen LogP) is 5.58. The number of carbonyl (C=O) groups is 1. The Morgan fingerprint density at radius 3 is 2.67 bits per heavy atom. The maximum atomic E-state index is 12.9. The van der Waals surface area contributed by atoms with Crippen LogP contribution >= 0.6 is 23.2 Å². The topological polar surface area (TPSA) is 54.0 Å². The normalized spacial score (nSPS) is 23.2. The molecule has 158 valence electrons. The van der Waals surface area contributed by atoms with Crippen LogP contribution in [0, 0.1) is 5.92 Å². The Hall–Kier alpha value is -2.21. The zero-order chi connectivity index (χ0) is 21.1. The highest BCUT2D eigenvalue weighted by molar-refractivity contribution is 6.35. The molecule has 0 aromatic heterocycles. The number of fused-ring (bicyclic) bond motifs is 1. The average Bonchev–Trinajstić information content (AvgIpc) is 2.75. The van der Waals surface area contributed by atoms with Crippen LogP contribution in [0.15, 0.2) is 54.5 Å². The largest absolute Gasteiger partial charge is 0.493 e. The van der Waals surface area contributed by atoms with Crippen LogP contribution in [0.1, 0.15) is 24.8 Å². The minimum Gasteiger partial charge on any atom is -0.493 e. The standard InChI is InChI=1S/C23H22Cl2O5/c1-27-19-4-2-3-5-20(19)30-22-13-29-21-11-16(8-9-17(21)23(22)26)28-12-14-6-7-15(24)10-18(14)25/h2-7,10,13,16-17,21H,8-9,11-12H2,1H3. The molecule has 0 bridgehead atoms. The van der Waals surface area contributed by atoms with Gasteiger partial charge in [-0.25, -0.2) is 0 Å². The lowest BCUT2D eigenvalue weighted by molar-refractivity contribution is -0.134. The maximum absolute atomic E-state index is 12.9. The summed E-state index contributed by atoms with van der Waals surface area (Å²) in [7, 11) is 1.56. The fraction of sp³-hybridized carbons (Fsp3) is 0.348. The fourth-order valence-electron chi connectivity index (χ4n) is 3.83. The first-order valence-corrected chi connectivity index (χ1v) is 10.6. The van der Waals surface area contributed by atoms with Crippen molar-refractivity contribution in [3.63, 3.8) is 0 Å². The van der Waals surface area contributed by atoms with Crippen LogP contribution in [-0.2, 0) is 20.9 Å². The van der Waals surface area contributed by atoms with Gasteiger partial charge in [0.15, 0.2) is 11.5 Å². The van der Waals surface area contributed by atoms with E-state index in [1.807, 2.05) is 18.2 Å². The molecule has 0 saturated heterocycles. The van der Waals surface area contributed by atoms with Gasteiger partial charge >= 0.3 is 0 Å². The quantitative estimate of drug-likeness (QED) is 0.577. The van der Waals surface area contributed by atoms with Crippen LogP contribution in [0.5, 0.6) is 11.5 Å². The SMILES string of the molecule is COc1ccccc1OC1=COC2CC(OCc3ccc(Cl)cc3Cl)CCC2C1=O. The molecule has 1 saturated carbocycles. The van der Waals surface area contributed by atoms with E-state index >= 15 is 0 Å². The molecule has 2 aromatic rings. The molecule has 7 heteroatoms. The van der Waals surface area contributed by atoms with E-state index in [2.05, 4.69) is 0 Å². The second-order valence-corrected chi connectivity index (χ2v) is 8.21. The van der Waals surface area contributed by atoms with Crippen LogP contribution < -0.4 is 9.47 Å². The number of hydrogen-bond acceptors (Lipinski definition) is 5. The molecule has 0 spiro atoms.